The Morgan fingerprint density at radius 1 is 1.00 bits per heavy atom. The molecule has 4 aromatic rings. The van der Waals surface area contributed by atoms with Gasteiger partial charge in [-0.15, -0.1) is 0 Å². The van der Waals surface area contributed by atoms with Crippen LogP contribution < -0.4 is 0 Å². The molecule has 4 heteroatoms. The van der Waals surface area contributed by atoms with Gasteiger partial charge in [0.2, 0.25) is 5.89 Å². The standard InChI is InChI=1S/C19H17N3O/c1-13(2)22-11-10-20-18(22)15-8-9-17-16(12-15)21-19(23-17)14-6-4-3-5-7-14/h3-13H,1-2H3. The van der Waals surface area contributed by atoms with Crippen molar-refractivity contribution in [3.8, 4) is 22.8 Å². The molecule has 0 bridgehead atoms. The molecule has 0 aliphatic heterocycles. The van der Waals surface area contributed by atoms with Gasteiger partial charge in [-0.25, -0.2) is 9.97 Å². The van der Waals surface area contributed by atoms with Crippen LogP contribution in [0.25, 0.3) is 33.9 Å². The zero-order valence-corrected chi connectivity index (χ0v) is 13.1. The van der Waals surface area contributed by atoms with E-state index in [0.29, 0.717) is 11.9 Å². The van der Waals surface area contributed by atoms with Gasteiger partial charge in [0.1, 0.15) is 11.3 Å². The molecule has 114 valence electrons. The summed E-state index contributed by atoms with van der Waals surface area (Å²) in [7, 11) is 0. The van der Waals surface area contributed by atoms with Gasteiger partial charge in [-0.05, 0) is 44.2 Å². The summed E-state index contributed by atoms with van der Waals surface area (Å²) in [6.45, 7) is 4.29. The Balaban J connectivity index is 1.81. The summed E-state index contributed by atoms with van der Waals surface area (Å²) >= 11 is 0. The van der Waals surface area contributed by atoms with E-state index in [1.165, 1.54) is 0 Å². The molecular formula is C19H17N3O. The molecule has 2 heterocycles. The van der Waals surface area contributed by atoms with Gasteiger partial charge >= 0.3 is 0 Å². The molecule has 0 N–H and O–H groups in total. The highest BCUT2D eigenvalue weighted by molar-refractivity contribution is 5.81. The molecule has 0 fully saturated rings. The minimum absolute atomic E-state index is 0.361. The third-order valence-corrected chi connectivity index (χ3v) is 3.89. The number of oxazole rings is 1. The number of hydrogen-bond acceptors (Lipinski definition) is 3. The van der Waals surface area contributed by atoms with Gasteiger partial charge in [-0.3, -0.25) is 0 Å². The number of nitrogens with zero attached hydrogens (tertiary/aromatic N) is 3. The van der Waals surface area contributed by atoms with Crippen LogP contribution in [0.5, 0.6) is 0 Å². The fraction of sp³-hybridized carbons (Fsp3) is 0.158. The predicted octanol–water partition coefficient (Wildman–Crippen LogP) is 4.94. The number of aromatic nitrogens is 3. The van der Waals surface area contributed by atoms with Gasteiger partial charge in [0.15, 0.2) is 5.58 Å². The van der Waals surface area contributed by atoms with Crippen LogP contribution in [0.3, 0.4) is 0 Å². The summed E-state index contributed by atoms with van der Waals surface area (Å²) in [5.41, 5.74) is 3.66. The molecule has 2 aromatic carbocycles. The molecule has 0 spiro atoms. The van der Waals surface area contributed by atoms with E-state index >= 15 is 0 Å². The van der Waals surface area contributed by atoms with Crippen molar-refractivity contribution in [3.63, 3.8) is 0 Å². The van der Waals surface area contributed by atoms with E-state index < -0.39 is 0 Å². The second-order valence-corrected chi connectivity index (χ2v) is 5.82. The van der Waals surface area contributed by atoms with E-state index in [2.05, 4.69) is 28.4 Å². The second kappa shape index (κ2) is 5.39. The molecule has 23 heavy (non-hydrogen) atoms. The molecule has 4 rings (SSSR count). The van der Waals surface area contributed by atoms with E-state index in [9.17, 15) is 0 Å². The highest BCUT2D eigenvalue weighted by Crippen LogP contribution is 2.28. The van der Waals surface area contributed by atoms with E-state index in [-0.39, 0.29) is 0 Å². The molecule has 0 aliphatic rings. The quantitative estimate of drug-likeness (QED) is 0.538. The monoisotopic (exact) mass is 303 g/mol. The normalized spacial score (nSPS) is 11.4. The Hall–Kier alpha value is -2.88. The van der Waals surface area contributed by atoms with E-state index in [0.717, 1.165) is 28.1 Å². The Morgan fingerprint density at radius 3 is 2.61 bits per heavy atom. The first-order chi connectivity index (χ1) is 11.2. The maximum Gasteiger partial charge on any atom is 0.227 e. The molecule has 0 amide bonds. The summed E-state index contributed by atoms with van der Waals surface area (Å²) in [4.78, 5) is 9.11. The zero-order valence-electron chi connectivity index (χ0n) is 13.1. The molecule has 0 atom stereocenters. The molecule has 0 saturated heterocycles. The Kier molecular flexibility index (Phi) is 3.23. The van der Waals surface area contributed by atoms with Gasteiger partial charge in [0, 0.05) is 29.6 Å². The zero-order chi connectivity index (χ0) is 15.8. The minimum Gasteiger partial charge on any atom is -0.436 e. The lowest BCUT2D eigenvalue weighted by molar-refractivity contribution is 0.606. The van der Waals surface area contributed by atoms with Gasteiger partial charge in [-0.2, -0.15) is 0 Å². The molecule has 4 nitrogen and oxygen atoms in total. The largest absolute Gasteiger partial charge is 0.436 e. The average molecular weight is 303 g/mol. The summed E-state index contributed by atoms with van der Waals surface area (Å²) < 4.78 is 8.02. The maximum absolute atomic E-state index is 5.87. The molecule has 0 radical (unpaired) electrons. The molecular weight excluding hydrogens is 286 g/mol. The Labute approximate surface area is 134 Å². The number of rotatable bonds is 3. The van der Waals surface area contributed by atoms with Crippen LogP contribution in [0, 0.1) is 0 Å². The van der Waals surface area contributed by atoms with Gasteiger partial charge in [-0.1, -0.05) is 18.2 Å². The SMILES string of the molecule is CC(C)n1ccnc1-c1ccc2oc(-c3ccccc3)nc2c1. The van der Waals surface area contributed by atoms with E-state index in [4.69, 9.17) is 4.42 Å². The van der Waals surface area contributed by atoms with Crippen molar-refractivity contribution in [2.24, 2.45) is 0 Å². The lowest BCUT2D eigenvalue weighted by Gasteiger charge is -2.11. The van der Waals surface area contributed by atoms with Crippen molar-refractivity contribution in [2.75, 3.05) is 0 Å². The first kappa shape index (κ1) is 13.8. The number of imidazole rings is 1. The lowest BCUT2D eigenvalue weighted by Crippen LogP contribution is -2.01. The van der Waals surface area contributed by atoms with Crippen molar-refractivity contribution in [1.29, 1.82) is 0 Å². The van der Waals surface area contributed by atoms with Crippen LogP contribution >= 0.6 is 0 Å². The van der Waals surface area contributed by atoms with Crippen LogP contribution in [0.4, 0.5) is 0 Å². The van der Waals surface area contributed by atoms with Gasteiger partial charge in [0.25, 0.3) is 0 Å². The second-order valence-electron chi connectivity index (χ2n) is 5.82. The fourth-order valence-corrected chi connectivity index (χ4v) is 2.72. The van der Waals surface area contributed by atoms with Crippen LogP contribution in [-0.2, 0) is 0 Å². The lowest BCUT2D eigenvalue weighted by atomic mass is 10.2. The molecule has 0 unspecified atom stereocenters. The number of hydrogen-bond donors (Lipinski definition) is 0. The molecule has 0 saturated carbocycles. The highest BCUT2D eigenvalue weighted by atomic mass is 16.3. The fourth-order valence-electron chi connectivity index (χ4n) is 2.72. The van der Waals surface area contributed by atoms with E-state index in [1.807, 2.05) is 60.9 Å². The van der Waals surface area contributed by atoms with E-state index in [1.54, 1.807) is 0 Å². The molecule has 2 aromatic heterocycles. The smallest absolute Gasteiger partial charge is 0.227 e. The Bertz CT molecular complexity index is 951. The summed E-state index contributed by atoms with van der Waals surface area (Å²) in [5.74, 6) is 1.59. The van der Waals surface area contributed by atoms with Gasteiger partial charge < -0.3 is 8.98 Å². The average Bonchev–Trinajstić information content (AvgIpc) is 3.21. The predicted molar refractivity (Wildman–Crippen MR) is 91.1 cm³/mol. The Morgan fingerprint density at radius 2 is 1.83 bits per heavy atom. The number of benzene rings is 2. The van der Waals surface area contributed by atoms with Crippen LogP contribution in [0.1, 0.15) is 19.9 Å². The van der Waals surface area contributed by atoms with Crippen molar-refractivity contribution in [1.82, 2.24) is 14.5 Å². The first-order valence-corrected chi connectivity index (χ1v) is 7.71. The van der Waals surface area contributed by atoms with Crippen LogP contribution in [0.2, 0.25) is 0 Å². The highest BCUT2D eigenvalue weighted by Gasteiger charge is 2.12. The van der Waals surface area contributed by atoms with Crippen molar-refractivity contribution in [3.05, 3.63) is 60.9 Å². The third kappa shape index (κ3) is 2.42. The molecule has 0 aliphatic carbocycles. The van der Waals surface area contributed by atoms with Crippen molar-refractivity contribution < 1.29 is 4.42 Å². The summed E-state index contributed by atoms with van der Waals surface area (Å²) in [6.07, 6.45) is 3.83. The topological polar surface area (TPSA) is 43.9 Å². The van der Waals surface area contributed by atoms with Crippen molar-refractivity contribution >= 4 is 11.1 Å². The summed E-state index contributed by atoms with van der Waals surface area (Å²) in [5, 5.41) is 0. The van der Waals surface area contributed by atoms with Crippen LogP contribution in [0.15, 0.2) is 65.3 Å². The minimum atomic E-state index is 0.361. The number of fused-ring (bicyclic) bond motifs is 1. The van der Waals surface area contributed by atoms with Gasteiger partial charge in [0.05, 0.1) is 0 Å². The summed E-state index contributed by atoms with van der Waals surface area (Å²) in [6, 6.07) is 16.3. The van der Waals surface area contributed by atoms with Crippen LogP contribution in [-0.4, -0.2) is 14.5 Å². The third-order valence-electron chi connectivity index (χ3n) is 3.89. The first-order valence-electron chi connectivity index (χ1n) is 7.71. The maximum atomic E-state index is 5.87. The van der Waals surface area contributed by atoms with Crippen molar-refractivity contribution in [2.45, 2.75) is 19.9 Å².